The Bertz CT molecular complexity index is 1010. The molecule has 0 saturated heterocycles. The van der Waals surface area contributed by atoms with Crippen LogP contribution in [-0.2, 0) is 6.42 Å². The molecule has 0 saturated carbocycles. The third kappa shape index (κ3) is 5.04. The molecule has 0 aliphatic rings. The summed E-state index contributed by atoms with van der Waals surface area (Å²) in [6.45, 7) is 0.356. The normalized spacial score (nSPS) is 10.4. The maximum absolute atomic E-state index is 13.2. The Kier molecular flexibility index (Phi) is 6.55. The molecular formula is C22H18BrFN2O2. The molecule has 0 aromatic heterocycles. The number of halogens is 2. The van der Waals surface area contributed by atoms with Crippen LogP contribution in [0, 0.1) is 5.82 Å². The predicted octanol–water partition coefficient (Wildman–Crippen LogP) is 4.81. The second-order valence-corrected chi connectivity index (χ2v) is 6.97. The van der Waals surface area contributed by atoms with Gasteiger partial charge in [0.25, 0.3) is 11.8 Å². The van der Waals surface area contributed by atoms with Crippen LogP contribution in [0.4, 0.5) is 10.1 Å². The van der Waals surface area contributed by atoms with Crippen molar-refractivity contribution in [2.75, 3.05) is 11.9 Å². The van der Waals surface area contributed by atoms with Gasteiger partial charge >= 0.3 is 0 Å². The van der Waals surface area contributed by atoms with Crippen LogP contribution in [0.25, 0.3) is 0 Å². The first-order valence-electron chi connectivity index (χ1n) is 8.72. The van der Waals surface area contributed by atoms with E-state index in [-0.39, 0.29) is 17.6 Å². The number of amides is 2. The van der Waals surface area contributed by atoms with Crippen LogP contribution < -0.4 is 10.6 Å². The zero-order chi connectivity index (χ0) is 19.9. The molecule has 0 spiro atoms. The molecule has 0 heterocycles. The summed E-state index contributed by atoms with van der Waals surface area (Å²) in [4.78, 5) is 25.1. The van der Waals surface area contributed by atoms with Crippen molar-refractivity contribution in [1.29, 1.82) is 0 Å². The average Bonchev–Trinajstić information content (AvgIpc) is 2.68. The molecule has 0 fully saturated rings. The number of para-hydroxylation sites is 1. The Morgan fingerprint density at radius 1 is 0.857 bits per heavy atom. The fourth-order valence-electron chi connectivity index (χ4n) is 2.73. The highest BCUT2D eigenvalue weighted by molar-refractivity contribution is 9.10. The van der Waals surface area contributed by atoms with Gasteiger partial charge in [0.1, 0.15) is 5.82 Å². The van der Waals surface area contributed by atoms with Gasteiger partial charge in [-0.25, -0.2) is 4.39 Å². The van der Waals surface area contributed by atoms with E-state index in [9.17, 15) is 14.0 Å². The predicted molar refractivity (Wildman–Crippen MR) is 111 cm³/mol. The standard InChI is InChI=1S/C22H18BrFN2O2/c23-19-10-3-1-8-17(19)22(28)26-20-11-4-2-9-18(20)21(27)25-13-12-15-6-5-7-16(24)14-15/h1-11,14H,12-13H2,(H,25,27)(H,26,28). The van der Waals surface area contributed by atoms with Crippen molar-refractivity contribution in [3.8, 4) is 0 Å². The molecule has 0 aliphatic heterocycles. The van der Waals surface area contributed by atoms with Gasteiger partial charge in [-0.3, -0.25) is 9.59 Å². The van der Waals surface area contributed by atoms with E-state index < -0.39 is 0 Å². The molecule has 0 bridgehead atoms. The maximum Gasteiger partial charge on any atom is 0.256 e. The van der Waals surface area contributed by atoms with Gasteiger partial charge in [-0.05, 0) is 64.3 Å². The summed E-state index contributed by atoms with van der Waals surface area (Å²) >= 11 is 3.35. The molecule has 28 heavy (non-hydrogen) atoms. The second-order valence-electron chi connectivity index (χ2n) is 6.12. The fraction of sp³-hybridized carbons (Fsp3) is 0.0909. The number of anilines is 1. The zero-order valence-electron chi connectivity index (χ0n) is 14.9. The molecule has 2 amide bonds. The second kappa shape index (κ2) is 9.28. The summed E-state index contributed by atoms with van der Waals surface area (Å²) in [5, 5.41) is 5.59. The lowest BCUT2D eigenvalue weighted by molar-refractivity contribution is 0.0955. The van der Waals surface area contributed by atoms with E-state index >= 15 is 0 Å². The van der Waals surface area contributed by atoms with Gasteiger partial charge in [-0.1, -0.05) is 36.4 Å². The first-order valence-corrected chi connectivity index (χ1v) is 9.51. The minimum absolute atomic E-state index is 0.302. The highest BCUT2D eigenvalue weighted by Crippen LogP contribution is 2.20. The summed E-state index contributed by atoms with van der Waals surface area (Å²) in [7, 11) is 0. The van der Waals surface area contributed by atoms with Gasteiger partial charge in [0, 0.05) is 11.0 Å². The topological polar surface area (TPSA) is 58.2 Å². The monoisotopic (exact) mass is 440 g/mol. The van der Waals surface area contributed by atoms with Crippen molar-refractivity contribution in [3.05, 3.63) is 99.8 Å². The van der Waals surface area contributed by atoms with Crippen molar-refractivity contribution in [2.45, 2.75) is 6.42 Å². The lowest BCUT2D eigenvalue weighted by atomic mass is 10.1. The van der Waals surface area contributed by atoms with E-state index in [4.69, 9.17) is 0 Å². The van der Waals surface area contributed by atoms with E-state index in [1.54, 1.807) is 54.6 Å². The molecule has 0 atom stereocenters. The van der Waals surface area contributed by atoms with Gasteiger partial charge in [-0.2, -0.15) is 0 Å². The number of carbonyl (C=O) groups is 2. The van der Waals surface area contributed by atoms with Crippen LogP contribution in [0.5, 0.6) is 0 Å². The highest BCUT2D eigenvalue weighted by Gasteiger charge is 2.15. The maximum atomic E-state index is 13.2. The van der Waals surface area contributed by atoms with E-state index in [0.717, 1.165) is 5.56 Å². The van der Waals surface area contributed by atoms with E-state index in [1.807, 2.05) is 6.07 Å². The smallest absolute Gasteiger partial charge is 0.256 e. The Labute approximate surface area is 170 Å². The number of nitrogens with one attached hydrogen (secondary N) is 2. The van der Waals surface area contributed by atoms with E-state index in [1.165, 1.54) is 12.1 Å². The lowest BCUT2D eigenvalue weighted by Crippen LogP contribution is -2.27. The number of hydrogen-bond donors (Lipinski definition) is 2. The highest BCUT2D eigenvalue weighted by atomic mass is 79.9. The Morgan fingerprint density at radius 3 is 2.32 bits per heavy atom. The average molecular weight is 441 g/mol. The van der Waals surface area contributed by atoms with Gasteiger partial charge in [0.15, 0.2) is 0 Å². The summed E-state index contributed by atoms with van der Waals surface area (Å²) < 4.78 is 13.9. The van der Waals surface area contributed by atoms with Gasteiger partial charge in [0.05, 0.1) is 16.8 Å². The van der Waals surface area contributed by atoms with Crippen LogP contribution in [0.3, 0.4) is 0 Å². The van der Waals surface area contributed by atoms with Crippen LogP contribution >= 0.6 is 15.9 Å². The molecule has 0 radical (unpaired) electrons. The lowest BCUT2D eigenvalue weighted by Gasteiger charge is -2.12. The first-order chi connectivity index (χ1) is 13.5. The Hall–Kier alpha value is -2.99. The molecule has 4 nitrogen and oxygen atoms in total. The van der Waals surface area contributed by atoms with Gasteiger partial charge in [0.2, 0.25) is 0 Å². The van der Waals surface area contributed by atoms with Crippen molar-refractivity contribution in [2.24, 2.45) is 0 Å². The summed E-state index contributed by atoms with van der Waals surface area (Å²) in [6.07, 6.45) is 0.509. The third-order valence-corrected chi connectivity index (χ3v) is 4.82. The first kappa shape index (κ1) is 19.8. The molecule has 0 aliphatic carbocycles. The molecular weight excluding hydrogens is 423 g/mol. The number of hydrogen-bond acceptors (Lipinski definition) is 2. The van der Waals surface area contributed by atoms with Crippen molar-refractivity contribution in [1.82, 2.24) is 5.32 Å². The minimum atomic E-state index is -0.313. The van der Waals surface area contributed by atoms with Crippen LogP contribution in [0.1, 0.15) is 26.3 Å². The zero-order valence-corrected chi connectivity index (χ0v) is 16.5. The third-order valence-electron chi connectivity index (χ3n) is 4.13. The fourth-order valence-corrected chi connectivity index (χ4v) is 3.20. The van der Waals surface area contributed by atoms with Crippen molar-refractivity contribution in [3.63, 3.8) is 0 Å². The molecule has 142 valence electrons. The Balaban J connectivity index is 1.66. The number of rotatable bonds is 6. The number of benzene rings is 3. The van der Waals surface area contributed by atoms with Crippen molar-refractivity contribution < 1.29 is 14.0 Å². The molecule has 3 rings (SSSR count). The minimum Gasteiger partial charge on any atom is -0.352 e. The summed E-state index contributed by atoms with van der Waals surface area (Å²) in [5.41, 5.74) is 2.06. The molecule has 2 N–H and O–H groups in total. The van der Waals surface area contributed by atoms with E-state index in [2.05, 4.69) is 26.6 Å². The van der Waals surface area contributed by atoms with Gasteiger partial charge in [-0.15, -0.1) is 0 Å². The van der Waals surface area contributed by atoms with Crippen molar-refractivity contribution >= 4 is 33.4 Å². The molecule has 3 aromatic rings. The quantitative estimate of drug-likeness (QED) is 0.577. The van der Waals surface area contributed by atoms with Crippen LogP contribution in [-0.4, -0.2) is 18.4 Å². The summed E-state index contributed by atoms with van der Waals surface area (Å²) in [5.74, 6) is -0.920. The molecule has 3 aromatic carbocycles. The van der Waals surface area contributed by atoms with Crippen LogP contribution in [0.2, 0.25) is 0 Å². The van der Waals surface area contributed by atoms with E-state index in [0.29, 0.717) is 34.3 Å². The van der Waals surface area contributed by atoms with Crippen LogP contribution in [0.15, 0.2) is 77.3 Å². The Morgan fingerprint density at radius 2 is 1.57 bits per heavy atom. The summed E-state index contributed by atoms with van der Waals surface area (Å²) in [6, 6.07) is 20.1. The van der Waals surface area contributed by atoms with Gasteiger partial charge < -0.3 is 10.6 Å². The molecule has 0 unspecified atom stereocenters. The SMILES string of the molecule is O=C(Nc1ccccc1C(=O)NCCc1cccc(F)c1)c1ccccc1Br. The number of carbonyl (C=O) groups excluding carboxylic acids is 2. The largest absolute Gasteiger partial charge is 0.352 e. The molecule has 6 heteroatoms.